The number of amides is 1. The highest BCUT2D eigenvalue weighted by atomic mass is 16.5. The quantitative estimate of drug-likeness (QED) is 0.457. The molecule has 6 nitrogen and oxygen atoms in total. The molecule has 3 N–H and O–H groups in total. The highest BCUT2D eigenvalue weighted by Crippen LogP contribution is 2.33. The molecule has 1 aliphatic heterocycles. The lowest BCUT2D eigenvalue weighted by atomic mass is 9.93. The Bertz CT molecular complexity index is 342. The summed E-state index contributed by atoms with van der Waals surface area (Å²) in [5.74, 6) is 0.578. The van der Waals surface area contributed by atoms with Gasteiger partial charge in [-0.05, 0) is 66.3 Å². The number of carbonyl (C=O) groups excluding carboxylic acids is 1. The average Bonchev–Trinajstić information content (AvgIpc) is 2.80. The molecule has 0 aromatic carbocycles. The largest absolute Gasteiger partial charge is 0.394 e. The number of likely N-dealkylation sites (tertiary alicyclic amines) is 1. The second-order valence-corrected chi connectivity index (χ2v) is 8.14. The summed E-state index contributed by atoms with van der Waals surface area (Å²) in [4.78, 5) is 12.8. The number of methoxy groups -OCH3 is 1. The molecule has 1 rings (SSSR count). The van der Waals surface area contributed by atoms with Gasteiger partial charge in [0.1, 0.15) is 0 Å². The molecule has 1 amide bonds. The maximum absolute atomic E-state index is 10.9. The predicted octanol–water partition coefficient (Wildman–Crippen LogP) is 1.40. The van der Waals surface area contributed by atoms with E-state index in [4.69, 9.17) is 14.9 Å². The Kier molecular flexibility index (Phi) is 10.7. The van der Waals surface area contributed by atoms with Gasteiger partial charge in [-0.15, -0.1) is 0 Å². The van der Waals surface area contributed by atoms with Crippen molar-refractivity contribution in [1.82, 2.24) is 10.2 Å². The summed E-state index contributed by atoms with van der Waals surface area (Å²) in [6.07, 6.45) is 3.48. The molecule has 1 aliphatic rings. The first kappa shape index (κ1) is 23.3. The van der Waals surface area contributed by atoms with Gasteiger partial charge in [0.25, 0.3) is 0 Å². The molecule has 0 aromatic heterocycles. The molecule has 0 radical (unpaired) electrons. The molecular formula is C18H38N2O4. The fourth-order valence-electron chi connectivity index (χ4n) is 2.64. The fourth-order valence-corrected chi connectivity index (χ4v) is 2.64. The van der Waals surface area contributed by atoms with Gasteiger partial charge in [-0.2, -0.15) is 0 Å². The number of aliphatic hydroxyl groups excluding tert-OH is 2. The first-order valence-electron chi connectivity index (χ1n) is 8.82. The van der Waals surface area contributed by atoms with Crippen molar-refractivity contribution in [3.63, 3.8) is 0 Å². The molecular weight excluding hydrogens is 308 g/mol. The third-order valence-electron chi connectivity index (χ3n) is 4.32. The second kappa shape index (κ2) is 11.0. The molecule has 1 saturated heterocycles. The maximum Gasteiger partial charge on any atom is 0.210 e. The van der Waals surface area contributed by atoms with E-state index >= 15 is 0 Å². The Labute approximate surface area is 147 Å². The molecule has 0 spiro atoms. The minimum Gasteiger partial charge on any atom is -0.394 e. The van der Waals surface area contributed by atoms with Crippen LogP contribution in [0.25, 0.3) is 0 Å². The topological polar surface area (TPSA) is 82.0 Å². The second-order valence-electron chi connectivity index (χ2n) is 8.14. The van der Waals surface area contributed by atoms with Gasteiger partial charge in [-0.25, -0.2) is 0 Å². The monoisotopic (exact) mass is 346 g/mol. The van der Waals surface area contributed by atoms with Crippen molar-refractivity contribution in [2.45, 2.75) is 71.1 Å². The number of nitrogens with one attached hydrogen (secondary N) is 1. The molecule has 1 fully saturated rings. The maximum atomic E-state index is 10.9. The SMILES string of the molecule is CC1(C)CC(CCCNCC(O)CO)CN1C=O.COC(C)(C)C. The third kappa shape index (κ3) is 10.2. The average molecular weight is 347 g/mol. The number of hydrogen-bond acceptors (Lipinski definition) is 5. The Hall–Kier alpha value is -0.690. The summed E-state index contributed by atoms with van der Waals surface area (Å²) in [7, 11) is 1.71. The molecule has 0 aliphatic carbocycles. The summed E-state index contributed by atoms with van der Waals surface area (Å²) in [5.41, 5.74) is 0.0347. The van der Waals surface area contributed by atoms with Crippen LogP contribution < -0.4 is 5.32 Å². The van der Waals surface area contributed by atoms with E-state index in [1.54, 1.807) is 7.11 Å². The van der Waals surface area contributed by atoms with E-state index in [2.05, 4.69) is 19.2 Å². The van der Waals surface area contributed by atoms with E-state index in [0.717, 1.165) is 38.8 Å². The first-order valence-corrected chi connectivity index (χ1v) is 8.82. The van der Waals surface area contributed by atoms with Gasteiger partial charge in [0.2, 0.25) is 6.41 Å². The van der Waals surface area contributed by atoms with Gasteiger partial charge in [-0.3, -0.25) is 4.79 Å². The van der Waals surface area contributed by atoms with Gasteiger partial charge in [0, 0.05) is 25.7 Å². The van der Waals surface area contributed by atoms with Crippen molar-refractivity contribution in [1.29, 1.82) is 0 Å². The lowest BCUT2D eigenvalue weighted by Gasteiger charge is -2.27. The fraction of sp³-hybridized carbons (Fsp3) is 0.944. The van der Waals surface area contributed by atoms with Crippen molar-refractivity contribution in [2.24, 2.45) is 5.92 Å². The minimum absolute atomic E-state index is 0.00702. The Morgan fingerprint density at radius 3 is 2.42 bits per heavy atom. The van der Waals surface area contributed by atoms with Crippen LogP contribution in [-0.2, 0) is 9.53 Å². The summed E-state index contributed by atoms with van der Waals surface area (Å²) in [6.45, 7) is 12.2. The van der Waals surface area contributed by atoms with E-state index in [1.165, 1.54) is 0 Å². The summed E-state index contributed by atoms with van der Waals surface area (Å²) >= 11 is 0. The molecule has 6 heteroatoms. The molecule has 24 heavy (non-hydrogen) atoms. The van der Waals surface area contributed by atoms with Crippen LogP contribution in [0.5, 0.6) is 0 Å². The van der Waals surface area contributed by atoms with E-state index in [-0.39, 0.29) is 17.7 Å². The number of ether oxygens (including phenoxy) is 1. The van der Waals surface area contributed by atoms with E-state index in [9.17, 15) is 4.79 Å². The number of hydrogen-bond donors (Lipinski definition) is 3. The Morgan fingerprint density at radius 2 is 2.00 bits per heavy atom. The molecule has 144 valence electrons. The van der Waals surface area contributed by atoms with Gasteiger partial charge < -0.3 is 25.2 Å². The van der Waals surface area contributed by atoms with Crippen molar-refractivity contribution in [2.75, 3.05) is 33.4 Å². The standard InChI is InChI=1S/C13H26N2O3.C5H12O/c1-13(2)6-11(8-15(13)10-17)4-3-5-14-7-12(18)9-16;1-5(2,3)6-4/h10-12,14,16,18H,3-9H2,1-2H3;1-4H3. The summed E-state index contributed by atoms with van der Waals surface area (Å²) in [6, 6.07) is 0. The zero-order valence-corrected chi connectivity index (χ0v) is 16.3. The predicted molar refractivity (Wildman–Crippen MR) is 96.9 cm³/mol. The zero-order valence-electron chi connectivity index (χ0n) is 16.3. The van der Waals surface area contributed by atoms with Crippen LogP contribution >= 0.6 is 0 Å². The lowest BCUT2D eigenvalue weighted by molar-refractivity contribution is -0.120. The van der Waals surface area contributed by atoms with Gasteiger partial charge in [0.05, 0.1) is 18.3 Å². The normalized spacial score (nSPS) is 21.2. The van der Waals surface area contributed by atoms with E-state index in [0.29, 0.717) is 12.5 Å². The third-order valence-corrected chi connectivity index (χ3v) is 4.32. The van der Waals surface area contributed by atoms with Crippen molar-refractivity contribution < 1.29 is 19.7 Å². The highest BCUT2D eigenvalue weighted by Gasteiger charge is 2.36. The van der Waals surface area contributed by atoms with Crippen molar-refractivity contribution in [3.8, 4) is 0 Å². The van der Waals surface area contributed by atoms with Gasteiger partial charge in [0.15, 0.2) is 0 Å². The van der Waals surface area contributed by atoms with Crippen LogP contribution in [0.3, 0.4) is 0 Å². The number of carbonyl (C=O) groups is 1. The molecule has 0 saturated carbocycles. The zero-order chi connectivity index (χ0) is 18.8. The molecule has 1 heterocycles. The summed E-state index contributed by atoms with van der Waals surface area (Å²) < 4.78 is 4.94. The summed E-state index contributed by atoms with van der Waals surface area (Å²) in [5, 5.41) is 20.9. The smallest absolute Gasteiger partial charge is 0.210 e. The number of nitrogens with zero attached hydrogens (tertiary/aromatic N) is 1. The molecule has 2 unspecified atom stereocenters. The number of aliphatic hydroxyl groups is 2. The van der Waals surface area contributed by atoms with Crippen LogP contribution in [-0.4, -0.2) is 72.1 Å². The molecule has 0 aromatic rings. The molecule has 0 bridgehead atoms. The highest BCUT2D eigenvalue weighted by molar-refractivity contribution is 5.49. The van der Waals surface area contributed by atoms with Crippen molar-refractivity contribution >= 4 is 6.41 Å². The van der Waals surface area contributed by atoms with Crippen LogP contribution in [0, 0.1) is 5.92 Å². The lowest BCUT2D eigenvalue weighted by Crippen LogP contribution is -2.36. The van der Waals surface area contributed by atoms with Crippen LogP contribution in [0.15, 0.2) is 0 Å². The van der Waals surface area contributed by atoms with Crippen LogP contribution in [0.1, 0.15) is 53.9 Å². The number of rotatable bonds is 8. The van der Waals surface area contributed by atoms with Gasteiger partial charge in [-0.1, -0.05) is 0 Å². The minimum atomic E-state index is -0.666. The van der Waals surface area contributed by atoms with Gasteiger partial charge >= 0.3 is 0 Å². The van der Waals surface area contributed by atoms with Crippen molar-refractivity contribution in [3.05, 3.63) is 0 Å². The van der Waals surface area contributed by atoms with Crippen LogP contribution in [0.2, 0.25) is 0 Å². The first-order chi connectivity index (χ1) is 11.1. The Morgan fingerprint density at radius 1 is 1.42 bits per heavy atom. The van der Waals surface area contributed by atoms with E-state index < -0.39 is 6.10 Å². The van der Waals surface area contributed by atoms with E-state index in [1.807, 2.05) is 25.7 Å². The van der Waals surface area contributed by atoms with Crippen LogP contribution in [0.4, 0.5) is 0 Å². The Balaban J connectivity index is 0.000000754. The molecule has 2 atom stereocenters.